The first-order chi connectivity index (χ1) is 7.15. The van der Waals surface area contributed by atoms with Gasteiger partial charge in [-0.25, -0.2) is 4.79 Å². The number of rotatable bonds is 2. The predicted octanol–water partition coefficient (Wildman–Crippen LogP) is 1.20. The molecule has 17 heavy (non-hydrogen) atoms. The van der Waals surface area contributed by atoms with E-state index < -0.39 is 11.5 Å². The molecule has 0 saturated carbocycles. The molecule has 0 amide bonds. The summed E-state index contributed by atoms with van der Waals surface area (Å²) < 4.78 is 1.60. The van der Waals surface area contributed by atoms with Crippen LogP contribution >= 0.6 is 24.8 Å². The molecule has 0 spiro atoms. The molecule has 0 atom stereocenters. The summed E-state index contributed by atoms with van der Waals surface area (Å²) in [7, 11) is 0. The predicted molar refractivity (Wildman–Crippen MR) is 69.2 cm³/mol. The lowest BCUT2D eigenvalue weighted by atomic mass is 9.88. The summed E-state index contributed by atoms with van der Waals surface area (Å²) in [5, 5.41) is 16.7. The van der Waals surface area contributed by atoms with Gasteiger partial charge in [-0.3, -0.25) is 4.68 Å². The first kappa shape index (κ1) is 16.2. The Labute approximate surface area is 112 Å². The second-order valence-electron chi connectivity index (χ2n) is 4.05. The van der Waals surface area contributed by atoms with Crippen LogP contribution in [0.2, 0.25) is 0 Å². The zero-order valence-corrected chi connectivity index (χ0v) is 11.2. The van der Waals surface area contributed by atoms with Crippen LogP contribution in [0.1, 0.15) is 18.4 Å². The van der Waals surface area contributed by atoms with Crippen molar-refractivity contribution in [2.45, 2.75) is 25.3 Å². The largest absolute Gasteiger partial charge is 0.479 e. The first-order valence-electron chi connectivity index (χ1n) is 5.11. The van der Waals surface area contributed by atoms with Crippen molar-refractivity contribution in [2.24, 2.45) is 0 Å². The van der Waals surface area contributed by atoms with Gasteiger partial charge in [-0.2, -0.15) is 5.10 Å². The Kier molecular flexibility index (Phi) is 5.95. The highest BCUT2D eigenvalue weighted by Gasteiger charge is 2.42. The van der Waals surface area contributed by atoms with Crippen molar-refractivity contribution in [3.63, 3.8) is 0 Å². The van der Waals surface area contributed by atoms with Gasteiger partial charge in [0, 0.05) is 6.20 Å². The molecular weight excluding hydrogens is 265 g/mol. The molecule has 1 aromatic rings. The van der Waals surface area contributed by atoms with Crippen LogP contribution in [0.15, 0.2) is 12.4 Å². The summed E-state index contributed by atoms with van der Waals surface area (Å²) >= 11 is 0. The zero-order chi connectivity index (χ0) is 10.9. The smallest absolute Gasteiger partial charge is 0.331 e. The maximum atomic E-state index is 11.4. The summed E-state index contributed by atoms with van der Waals surface area (Å²) in [4.78, 5) is 11.4. The number of aliphatic carboxylic acids is 1. The molecule has 1 fully saturated rings. The Bertz CT molecular complexity index is 375. The fourth-order valence-electron chi connectivity index (χ4n) is 2.03. The lowest BCUT2D eigenvalue weighted by molar-refractivity contribution is -0.149. The number of aryl methyl sites for hydroxylation is 1. The molecule has 1 aliphatic rings. The number of carboxylic acid groups (broad SMARTS) is 1. The summed E-state index contributed by atoms with van der Waals surface area (Å²) in [6, 6.07) is 0. The molecule has 0 radical (unpaired) electrons. The second kappa shape index (κ2) is 6.23. The van der Waals surface area contributed by atoms with E-state index in [0.29, 0.717) is 12.8 Å². The standard InChI is InChI=1S/C10H15N3O2.2ClH/c1-8-6-12-13(7-8)10(9(14)15)2-4-11-5-3-10;;/h6-7,11H,2-5H2,1H3,(H,14,15);2*1H. The molecule has 2 rings (SSSR count). The highest BCUT2D eigenvalue weighted by Crippen LogP contribution is 2.27. The maximum absolute atomic E-state index is 11.4. The summed E-state index contributed by atoms with van der Waals surface area (Å²) in [6.07, 6.45) is 4.68. The molecule has 98 valence electrons. The van der Waals surface area contributed by atoms with Crippen molar-refractivity contribution in [1.29, 1.82) is 0 Å². The molecule has 2 N–H and O–H groups in total. The number of halogens is 2. The third-order valence-electron chi connectivity index (χ3n) is 2.98. The number of carbonyl (C=O) groups is 1. The van der Waals surface area contributed by atoms with Crippen molar-refractivity contribution in [3.8, 4) is 0 Å². The van der Waals surface area contributed by atoms with E-state index in [-0.39, 0.29) is 24.8 Å². The molecular formula is C10H17Cl2N3O2. The normalized spacial score (nSPS) is 17.7. The second-order valence-corrected chi connectivity index (χ2v) is 4.05. The van der Waals surface area contributed by atoms with Gasteiger partial charge >= 0.3 is 5.97 Å². The van der Waals surface area contributed by atoms with Crippen LogP contribution in [0, 0.1) is 6.92 Å². The van der Waals surface area contributed by atoms with Gasteiger partial charge in [0.2, 0.25) is 0 Å². The number of hydrogen-bond donors (Lipinski definition) is 2. The van der Waals surface area contributed by atoms with Gasteiger partial charge in [0.15, 0.2) is 5.54 Å². The number of nitrogens with one attached hydrogen (secondary N) is 1. The summed E-state index contributed by atoms with van der Waals surface area (Å²) in [5.74, 6) is -0.785. The van der Waals surface area contributed by atoms with Crippen LogP contribution in [0.3, 0.4) is 0 Å². The van der Waals surface area contributed by atoms with Gasteiger partial charge in [0.05, 0.1) is 6.20 Å². The van der Waals surface area contributed by atoms with Crippen molar-refractivity contribution in [1.82, 2.24) is 15.1 Å². The highest BCUT2D eigenvalue weighted by atomic mass is 35.5. The van der Waals surface area contributed by atoms with E-state index in [0.717, 1.165) is 18.7 Å². The Hall–Kier alpha value is -0.780. The molecule has 2 heterocycles. The number of nitrogens with zero attached hydrogens (tertiary/aromatic N) is 2. The molecule has 0 aromatic carbocycles. The SMILES string of the molecule is Cc1cnn(C2(C(=O)O)CCNCC2)c1.Cl.Cl. The molecule has 1 aliphatic heterocycles. The van der Waals surface area contributed by atoms with E-state index in [1.54, 1.807) is 17.1 Å². The highest BCUT2D eigenvalue weighted by molar-refractivity contribution is 5.85. The monoisotopic (exact) mass is 281 g/mol. The fourth-order valence-corrected chi connectivity index (χ4v) is 2.03. The Morgan fingerprint density at radius 1 is 1.47 bits per heavy atom. The van der Waals surface area contributed by atoms with Gasteiger partial charge in [-0.05, 0) is 38.4 Å². The molecule has 7 heteroatoms. The quantitative estimate of drug-likeness (QED) is 0.855. The molecule has 0 unspecified atom stereocenters. The van der Waals surface area contributed by atoms with E-state index in [1.165, 1.54) is 0 Å². The average molecular weight is 282 g/mol. The lowest BCUT2D eigenvalue weighted by Crippen LogP contribution is -2.50. The van der Waals surface area contributed by atoms with Gasteiger partial charge < -0.3 is 10.4 Å². The van der Waals surface area contributed by atoms with Gasteiger partial charge in [-0.1, -0.05) is 0 Å². The van der Waals surface area contributed by atoms with Gasteiger partial charge in [0.25, 0.3) is 0 Å². The van der Waals surface area contributed by atoms with Gasteiger partial charge in [-0.15, -0.1) is 24.8 Å². The Balaban J connectivity index is 0.00000128. The summed E-state index contributed by atoms with van der Waals surface area (Å²) in [6.45, 7) is 3.37. The van der Waals surface area contributed by atoms with Crippen molar-refractivity contribution in [2.75, 3.05) is 13.1 Å². The van der Waals surface area contributed by atoms with Crippen LogP contribution in [-0.4, -0.2) is 33.9 Å². The third-order valence-corrected chi connectivity index (χ3v) is 2.98. The first-order valence-corrected chi connectivity index (χ1v) is 5.11. The molecule has 1 saturated heterocycles. The minimum absolute atomic E-state index is 0. The van der Waals surface area contributed by atoms with Crippen LogP contribution in [0.5, 0.6) is 0 Å². The van der Waals surface area contributed by atoms with E-state index in [9.17, 15) is 9.90 Å². The molecule has 1 aromatic heterocycles. The molecule has 0 aliphatic carbocycles. The Morgan fingerprint density at radius 2 is 2.06 bits per heavy atom. The van der Waals surface area contributed by atoms with Crippen molar-refractivity contribution < 1.29 is 9.90 Å². The van der Waals surface area contributed by atoms with Crippen LogP contribution in [0.25, 0.3) is 0 Å². The minimum Gasteiger partial charge on any atom is -0.479 e. The minimum atomic E-state index is -0.848. The number of aromatic nitrogens is 2. The van der Waals surface area contributed by atoms with E-state index in [1.807, 2.05) is 6.92 Å². The third kappa shape index (κ3) is 2.91. The number of carboxylic acids is 1. The van der Waals surface area contributed by atoms with Crippen LogP contribution in [0.4, 0.5) is 0 Å². The van der Waals surface area contributed by atoms with E-state index in [4.69, 9.17) is 0 Å². The zero-order valence-electron chi connectivity index (χ0n) is 9.55. The fraction of sp³-hybridized carbons (Fsp3) is 0.600. The Morgan fingerprint density at radius 3 is 2.47 bits per heavy atom. The lowest BCUT2D eigenvalue weighted by Gasteiger charge is -2.33. The van der Waals surface area contributed by atoms with Crippen LogP contribution < -0.4 is 5.32 Å². The topological polar surface area (TPSA) is 67.2 Å². The number of hydrogen-bond acceptors (Lipinski definition) is 3. The van der Waals surface area contributed by atoms with E-state index >= 15 is 0 Å². The maximum Gasteiger partial charge on any atom is 0.331 e. The molecule has 0 bridgehead atoms. The van der Waals surface area contributed by atoms with Crippen molar-refractivity contribution in [3.05, 3.63) is 18.0 Å². The van der Waals surface area contributed by atoms with E-state index in [2.05, 4.69) is 10.4 Å². The van der Waals surface area contributed by atoms with Crippen LogP contribution in [-0.2, 0) is 10.3 Å². The average Bonchev–Trinajstić information content (AvgIpc) is 2.66. The van der Waals surface area contributed by atoms with Gasteiger partial charge in [0.1, 0.15) is 0 Å². The summed E-state index contributed by atoms with van der Waals surface area (Å²) in [5.41, 5.74) is 0.147. The number of piperidine rings is 1. The van der Waals surface area contributed by atoms with Crippen molar-refractivity contribution >= 4 is 30.8 Å². The molecule has 5 nitrogen and oxygen atoms in total.